The maximum Gasteiger partial charge on any atom is 0.147 e. The van der Waals surface area contributed by atoms with Crippen molar-refractivity contribution in [3.05, 3.63) is 18.1 Å². The molecule has 2 rings (SSSR count). The Morgan fingerprint density at radius 3 is 2.88 bits per heavy atom. The van der Waals surface area contributed by atoms with Gasteiger partial charge in [0.15, 0.2) is 0 Å². The molecule has 0 aliphatic heterocycles. The van der Waals surface area contributed by atoms with Crippen molar-refractivity contribution in [2.24, 2.45) is 5.92 Å². The molecule has 1 saturated carbocycles. The second-order valence-corrected chi connectivity index (χ2v) is 4.84. The summed E-state index contributed by atoms with van der Waals surface area (Å²) in [5.41, 5.74) is 1.01. The summed E-state index contributed by atoms with van der Waals surface area (Å²) in [6.45, 7) is 6.12. The van der Waals surface area contributed by atoms with Gasteiger partial charge in [0, 0.05) is 25.8 Å². The lowest BCUT2D eigenvalue weighted by Gasteiger charge is -2.25. The van der Waals surface area contributed by atoms with Crippen molar-refractivity contribution in [3.63, 3.8) is 0 Å². The van der Waals surface area contributed by atoms with Gasteiger partial charge in [0.05, 0.1) is 11.9 Å². The molecule has 0 aromatic carbocycles. The molecule has 0 radical (unpaired) electrons. The molecule has 0 saturated heterocycles. The van der Waals surface area contributed by atoms with Gasteiger partial charge in [0.25, 0.3) is 0 Å². The normalized spacial score (nSPS) is 16.9. The molecule has 1 heterocycles. The number of rotatable bonds is 6. The predicted octanol–water partition coefficient (Wildman–Crippen LogP) is 1.82. The van der Waals surface area contributed by atoms with Crippen LogP contribution in [0.2, 0.25) is 0 Å². The highest BCUT2D eigenvalue weighted by molar-refractivity contribution is 5.37. The molecule has 1 N–H and O–H groups in total. The molecule has 1 aliphatic rings. The Morgan fingerprint density at radius 2 is 2.24 bits per heavy atom. The third-order valence-electron chi connectivity index (χ3n) is 3.50. The monoisotopic (exact) mass is 234 g/mol. The van der Waals surface area contributed by atoms with Gasteiger partial charge < -0.3 is 10.2 Å². The van der Waals surface area contributed by atoms with E-state index in [-0.39, 0.29) is 0 Å². The van der Waals surface area contributed by atoms with E-state index >= 15 is 0 Å². The van der Waals surface area contributed by atoms with Crippen LogP contribution >= 0.6 is 0 Å². The summed E-state index contributed by atoms with van der Waals surface area (Å²) >= 11 is 0. The standard InChI is InChI=1S/C13H22N4/c1-4-14-7-12-8-15-9-13(16-12)17(3)10(2)11-5-6-11/h8-11,14H,4-7H2,1-3H3. The average molecular weight is 234 g/mol. The van der Waals surface area contributed by atoms with E-state index in [1.807, 2.05) is 12.4 Å². The minimum Gasteiger partial charge on any atom is -0.355 e. The highest BCUT2D eigenvalue weighted by Gasteiger charge is 2.31. The second kappa shape index (κ2) is 5.45. The molecule has 1 aliphatic carbocycles. The van der Waals surface area contributed by atoms with Crippen LogP contribution in [0.1, 0.15) is 32.4 Å². The van der Waals surface area contributed by atoms with E-state index in [0.717, 1.165) is 30.5 Å². The molecule has 0 amide bonds. The molecule has 1 unspecified atom stereocenters. The third-order valence-corrected chi connectivity index (χ3v) is 3.50. The van der Waals surface area contributed by atoms with Crippen LogP contribution in [0.5, 0.6) is 0 Å². The molecule has 1 aromatic heterocycles. The number of hydrogen-bond acceptors (Lipinski definition) is 4. The largest absolute Gasteiger partial charge is 0.355 e. The van der Waals surface area contributed by atoms with Gasteiger partial charge >= 0.3 is 0 Å². The summed E-state index contributed by atoms with van der Waals surface area (Å²) < 4.78 is 0. The van der Waals surface area contributed by atoms with Crippen LogP contribution in [-0.4, -0.2) is 29.6 Å². The zero-order chi connectivity index (χ0) is 12.3. The molecule has 17 heavy (non-hydrogen) atoms. The number of anilines is 1. The highest BCUT2D eigenvalue weighted by Crippen LogP contribution is 2.35. The van der Waals surface area contributed by atoms with E-state index in [0.29, 0.717) is 6.04 Å². The summed E-state index contributed by atoms with van der Waals surface area (Å²) in [5.74, 6) is 1.83. The Labute approximate surface area is 103 Å². The Hall–Kier alpha value is -1.16. The zero-order valence-electron chi connectivity index (χ0n) is 11.0. The first kappa shape index (κ1) is 12.3. The topological polar surface area (TPSA) is 41.1 Å². The van der Waals surface area contributed by atoms with Crippen LogP contribution in [0.15, 0.2) is 12.4 Å². The zero-order valence-corrected chi connectivity index (χ0v) is 11.0. The fourth-order valence-corrected chi connectivity index (χ4v) is 2.01. The number of aromatic nitrogens is 2. The lowest BCUT2D eigenvalue weighted by atomic mass is 10.2. The van der Waals surface area contributed by atoms with E-state index in [1.54, 1.807) is 0 Å². The summed E-state index contributed by atoms with van der Waals surface area (Å²) in [4.78, 5) is 11.2. The summed E-state index contributed by atoms with van der Waals surface area (Å²) in [6.07, 6.45) is 6.40. The Morgan fingerprint density at radius 1 is 1.47 bits per heavy atom. The molecule has 1 fully saturated rings. The van der Waals surface area contributed by atoms with Crippen LogP contribution in [-0.2, 0) is 6.54 Å². The molecule has 4 heteroatoms. The average Bonchev–Trinajstić information content (AvgIpc) is 3.19. The highest BCUT2D eigenvalue weighted by atomic mass is 15.2. The lowest BCUT2D eigenvalue weighted by Crippen LogP contribution is -2.31. The van der Waals surface area contributed by atoms with Crippen LogP contribution < -0.4 is 10.2 Å². The third kappa shape index (κ3) is 3.16. The van der Waals surface area contributed by atoms with E-state index < -0.39 is 0 Å². The summed E-state index contributed by atoms with van der Waals surface area (Å²) in [6, 6.07) is 0.568. The summed E-state index contributed by atoms with van der Waals surface area (Å²) in [7, 11) is 2.12. The van der Waals surface area contributed by atoms with Gasteiger partial charge in [-0.15, -0.1) is 0 Å². The van der Waals surface area contributed by atoms with Crippen molar-refractivity contribution in [2.75, 3.05) is 18.5 Å². The van der Waals surface area contributed by atoms with Crippen molar-refractivity contribution < 1.29 is 0 Å². The van der Waals surface area contributed by atoms with Gasteiger partial charge in [-0.25, -0.2) is 4.98 Å². The quantitative estimate of drug-likeness (QED) is 0.815. The van der Waals surface area contributed by atoms with E-state index in [2.05, 4.69) is 41.1 Å². The minimum atomic E-state index is 0.568. The van der Waals surface area contributed by atoms with Crippen LogP contribution in [0.3, 0.4) is 0 Å². The smallest absolute Gasteiger partial charge is 0.147 e. The number of hydrogen-bond donors (Lipinski definition) is 1. The molecular formula is C13H22N4. The lowest BCUT2D eigenvalue weighted by molar-refractivity contribution is 0.600. The van der Waals surface area contributed by atoms with Crippen LogP contribution in [0.25, 0.3) is 0 Å². The Bertz CT molecular complexity index is 362. The molecule has 1 atom stereocenters. The Kier molecular flexibility index (Phi) is 3.94. The van der Waals surface area contributed by atoms with E-state index in [9.17, 15) is 0 Å². The van der Waals surface area contributed by atoms with Gasteiger partial charge in [-0.2, -0.15) is 0 Å². The van der Waals surface area contributed by atoms with Crippen molar-refractivity contribution in [1.29, 1.82) is 0 Å². The van der Waals surface area contributed by atoms with Crippen molar-refractivity contribution in [2.45, 2.75) is 39.3 Å². The van der Waals surface area contributed by atoms with Gasteiger partial charge in [-0.1, -0.05) is 6.92 Å². The Balaban J connectivity index is 2.03. The summed E-state index contributed by atoms with van der Waals surface area (Å²) in [5, 5.41) is 3.27. The number of nitrogens with zero attached hydrogens (tertiary/aromatic N) is 3. The molecular weight excluding hydrogens is 212 g/mol. The van der Waals surface area contributed by atoms with Crippen LogP contribution in [0, 0.1) is 5.92 Å². The first-order valence-electron chi connectivity index (χ1n) is 6.46. The van der Waals surface area contributed by atoms with Gasteiger partial charge in [-0.3, -0.25) is 4.98 Å². The number of nitrogens with one attached hydrogen (secondary N) is 1. The van der Waals surface area contributed by atoms with Crippen LogP contribution in [0.4, 0.5) is 5.82 Å². The van der Waals surface area contributed by atoms with E-state index in [1.165, 1.54) is 12.8 Å². The van der Waals surface area contributed by atoms with Gasteiger partial charge in [-0.05, 0) is 32.2 Å². The molecule has 4 nitrogen and oxygen atoms in total. The minimum absolute atomic E-state index is 0.568. The SMILES string of the molecule is CCNCc1cncc(N(C)C(C)C2CC2)n1. The molecule has 94 valence electrons. The van der Waals surface area contributed by atoms with Gasteiger partial charge in [0.2, 0.25) is 0 Å². The van der Waals surface area contributed by atoms with Crippen molar-refractivity contribution in [1.82, 2.24) is 15.3 Å². The van der Waals surface area contributed by atoms with Crippen molar-refractivity contribution in [3.8, 4) is 0 Å². The van der Waals surface area contributed by atoms with Crippen molar-refractivity contribution >= 4 is 5.82 Å². The van der Waals surface area contributed by atoms with Gasteiger partial charge in [0.1, 0.15) is 5.82 Å². The maximum absolute atomic E-state index is 4.64. The predicted molar refractivity (Wildman–Crippen MR) is 70.0 cm³/mol. The molecule has 0 spiro atoms. The maximum atomic E-state index is 4.64. The molecule has 1 aromatic rings. The fraction of sp³-hybridized carbons (Fsp3) is 0.692. The first-order chi connectivity index (χ1) is 8.22. The van der Waals surface area contributed by atoms with E-state index in [4.69, 9.17) is 0 Å². The first-order valence-corrected chi connectivity index (χ1v) is 6.46. The fourth-order valence-electron chi connectivity index (χ4n) is 2.01. The molecule has 0 bridgehead atoms. The second-order valence-electron chi connectivity index (χ2n) is 4.84.